The average Bonchev–Trinajstić information content (AvgIpc) is 1.78. The molecule has 15 nitrogen and oxygen atoms in total. The Morgan fingerprint density at radius 1 is 0.663 bits per heavy atom. The van der Waals surface area contributed by atoms with Crippen LogP contribution in [-0.4, -0.2) is 107 Å². The van der Waals surface area contributed by atoms with Gasteiger partial charge in [-0.15, -0.1) is 11.8 Å². The van der Waals surface area contributed by atoms with Crippen LogP contribution in [0.15, 0.2) is 220 Å². The summed E-state index contributed by atoms with van der Waals surface area (Å²) in [6.07, 6.45) is 40.5. The Hall–Kier alpha value is -6.90. The number of aryl methyl sites for hydroxylation is 2. The quantitative estimate of drug-likeness (QED) is 0.0463. The van der Waals surface area contributed by atoms with Crippen molar-refractivity contribution in [3.63, 3.8) is 0 Å². The molecule has 2 aliphatic carbocycles. The van der Waals surface area contributed by atoms with E-state index in [0.717, 1.165) is 90.2 Å². The van der Waals surface area contributed by atoms with Crippen molar-refractivity contribution < 1.29 is 44.1 Å². The van der Waals surface area contributed by atoms with Crippen LogP contribution in [0.25, 0.3) is 44.7 Å². The number of thioether (sulfide) groups is 4. The van der Waals surface area contributed by atoms with Gasteiger partial charge in [0.15, 0.2) is 13.1 Å². The van der Waals surface area contributed by atoms with Gasteiger partial charge in [-0.3, -0.25) is 0 Å². The lowest BCUT2D eigenvalue weighted by Gasteiger charge is -2.31. The molecule has 13 rings (SSSR count). The maximum Gasteiger partial charge on any atom is 0.361 e. The second-order valence-electron chi connectivity index (χ2n) is 27.1. The second-order valence-corrected chi connectivity index (χ2v) is 36.9. The molecule has 0 N–H and O–H groups in total. The number of oxazole rings is 1. The van der Waals surface area contributed by atoms with Gasteiger partial charge < -0.3 is 32.8 Å². The fraction of sp³-hybridized carbons (Fsp3) is 0.358. The van der Waals surface area contributed by atoms with Crippen LogP contribution in [0.2, 0.25) is 0 Å². The molecule has 0 bridgehead atoms. The summed E-state index contributed by atoms with van der Waals surface area (Å²) in [5, 5.41) is 6.65. The van der Waals surface area contributed by atoms with Gasteiger partial charge in [0.1, 0.15) is 28.3 Å². The Balaban J connectivity index is 0.000000158. The van der Waals surface area contributed by atoms with Crippen molar-refractivity contribution in [2.45, 2.75) is 121 Å². The third-order valence-electron chi connectivity index (χ3n) is 18.7. The molecule has 104 heavy (non-hydrogen) atoms. The molecule has 0 amide bonds. The molecule has 0 spiro atoms. The molecular weight excluding hydrogens is 1460 g/mol. The van der Waals surface area contributed by atoms with Crippen molar-refractivity contribution in [2.75, 3.05) is 66.3 Å². The topological polar surface area (TPSA) is 170 Å². The number of anilines is 2. The molecule has 548 valence electrons. The van der Waals surface area contributed by atoms with Crippen LogP contribution in [0, 0.1) is 5.41 Å². The fourth-order valence-electron chi connectivity index (χ4n) is 13.4. The summed E-state index contributed by atoms with van der Waals surface area (Å²) in [6.45, 7) is 18.6. The van der Waals surface area contributed by atoms with Crippen LogP contribution in [0.4, 0.5) is 11.4 Å². The number of benzene rings is 4. The van der Waals surface area contributed by atoms with E-state index in [2.05, 4.69) is 211 Å². The Bertz CT molecular complexity index is 5100. The number of allylic oxidation sites excluding steroid dienone is 14. The normalized spacial score (nSPS) is 19.7. The Labute approximate surface area is 638 Å². The van der Waals surface area contributed by atoms with Gasteiger partial charge in [-0.2, -0.15) is 9.13 Å². The number of para-hydroxylation sites is 4. The zero-order valence-electron chi connectivity index (χ0n) is 60.6. The standard InChI is InChI=1S/C32H36N2O3S3.C27H27N2S2.C22H31N3O5S3/c1-5-33-26-12-6-8-14-28(26)39-31(33)20-25-19-24(21-32(3,4)22-25)11-10-16-30-34(18-17-23(2)40(35,36)37)27-13-7-9-15-29(27)38-30;1-3-29-23-14-5-7-16-25(23)31-27(29)19-21-12-8-10-20(18-21)11-9-17-26-28(2)22-13-4-6-15-24(22)30-26;1-3-4-11-24-13-15-31-20(24)8-5-7-19-23(2)18(22(26)30-19)9-10-21-25(14-16-32-21)12-6-17-33(27,28)29/h6-16,19-20,23H,5,17-18,21-22H2,1-4H3;4-7,9,11,13-19H,3,8,10,12H2,1-2H3;5,7-10H,3-4,6,11-17H2,1-2H3/q;+1;/b;;18-9-,21-10+. The van der Waals surface area contributed by atoms with E-state index in [0.29, 0.717) is 24.0 Å². The van der Waals surface area contributed by atoms with Crippen molar-refractivity contribution >= 4 is 151 Å². The van der Waals surface area contributed by atoms with Gasteiger partial charge in [0.25, 0.3) is 10.0 Å². The third kappa shape index (κ3) is 20.6. The summed E-state index contributed by atoms with van der Waals surface area (Å²) in [6, 6.07) is 34.0. The Kier molecular flexibility index (Phi) is 27.2. The highest BCUT2D eigenvalue weighted by Gasteiger charge is 2.30. The number of nitrogens with zero attached hydrogens (tertiary/aromatic N) is 7. The van der Waals surface area contributed by atoms with Gasteiger partial charge in [0.05, 0.1) is 57.7 Å². The van der Waals surface area contributed by atoms with E-state index in [4.69, 9.17) is 4.42 Å². The van der Waals surface area contributed by atoms with E-state index in [1.165, 1.54) is 100.0 Å². The van der Waals surface area contributed by atoms with E-state index >= 15 is 0 Å². The molecule has 1 unspecified atom stereocenters. The van der Waals surface area contributed by atoms with Crippen molar-refractivity contribution in [3.8, 4) is 0 Å². The van der Waals surface area contributed by atoms with Gasteiger partial charge in [0, 0.05) is 97.7 Å². The van der Waals surface area contributed by atoms with E-state index in [1.54, 1.807) is 46.9 Å². The summed E-state index contributed by atoms with van der Waals surface area (Å²) < 4.78 is 83.3. The van der Waals surface area contributed by atoms with Gasteiger partial charge in [-0.1, -0.05) is 170 Å². The first-order valence-corrected chi connectivity index (χ1v) is 44.1. The molecule has 3 aromatic heterocycles. The van der Waals surface area contributed by atoms with Crippen LogP contribution in [0.1, 0.15) is 109 Å². The molecule has 7 heterocycles. The number of rotatable bonds is 22. The van der Waals surface area contributed by atoms with Gasteiger partial charge >= 0.3 is 5.63 Å². The summed E-state index contributed by atoms with van der Waals surface area (Å²) in [4.78, 5) is 21.9. The highest BCUT2D eigenvalue weighted by molar-refractivity contribution is 8.14. The predicted octanol–water partition coefficient (Wildman–Crippen LogP) is 15.8. The number of thiazole rings is 2. The maximum atomic E-state index is 12.4. The van der Waals surface area contributed by atoms with Gasteiger partial charge in [-0.05, 0) is 160 Å². The van der Waals surface area contributed by atoms with Crippen LogP contribution >= 0.6 is 69.7 Å². The van der Waals surface area contributed by atoms with Gasteiger partial charge in [0.2, 0.25) is 21.6 Å². The summed E-state index contributed by atoms with van der Waals surface area (Å²) >= 11 is 10.7. The highest BCUT2D eigenvalue weighted by atomic mass is 32.2. The van der Waals surface area contributed by atoms with Crippen LogP contribution < -0.4 is 35.5 Å². The van der Waals surface area contributed by atoms with E-state index < -0.39 is 31.1 Å². The van der Waals surface area contributed by atoms with Crippen molar-refractivity contribution in [1.29, 1.82) is 0 Å². The number of hydrogen-bond donors (Lipinski definition) is 0. The third-order valence-corrected chi connectivity index (χ3v) is 27.4. The van der Waals surface area contributed by atoms with Crippen molar-refractivity contribution in [3.05, 3.63) is 233 Å². The lowest BCUT2D eigenvalue weighted by atomic mass is 9.75. The lowest BCUT2D eigenvalue weighted by molar-refractivity contribution is -0.669. The first kappa shape index (κ1) is 78.2. The summed E-state index contributed by atoms with van der Waals surface area (Å²) in [5.41, 5.74) is 10.7. The second kappa shape index (κ2) is 36.1. The zero-order chi connectivity index (χ0) is 73.5. The molecule has 0 radical (unpaired) electrons. The van der Waals surface area contributed by atoms with Gasteiger partial charge in [-0.25, -0.2) is 26.2 Å². The van der Waals surface area contributed by atoms with Crippen LogP contribution in [0.3, 0.4) is 0 Å². The van der Waals surface area contributed by atoms with E-state index in [1.807, 2.05) is 81.9 Å². The average molecular weight is 1550 g/mol. The molecule has 0 saturated carbocycles. The van der Waals surface area contributed by atoms with Crippen LogP contribution in [0.5, 0.6) is 0 Å². The molecule has 4 aliphatic heterocycles. The molecule has 1 fully saturated rings. The summed E-state index contributed by atoms with van der Waals surface area (Å²) in [5.74, 6) is 1.60. The van der Waals surface area contributed by atoms with Crippen molar-refractivity contribution in [1.82, 2.24) is 9.47 Å². The largest absolute Gasteiger partial charge is 0.748 e. The highest BCUT2D eigenvalue weighted by Crippen LogP contribution is 2.49. The number of aromatic nitrogens is 3. The molecular formula is C81H94N7O8S8+. The molecule has 23 heteroatoms. The van der Waals surface area contributed by atoms with Crippen molar-refractivity contribution in [2.24, 2.45) is 19.5 Å². The predicted molar refractivity (Wildman–Crippen MR) is 438 cm³/mol. The SMILES string of the molecule is CCCC[N+]1=C(C=CC=c2oc(=O)/c(=C/C=C3/SCCN3CCCS(=O)(=O)[O-])n2C)SCC1.CCN1/C(=C\C2=CC(=C/C=C/c3sc4ccccc4[n+]3CCC(C)S(=O)(=O)[O-])/CC(C)(C)C2)Sc2ccccc21.CCN1C(=CC2=C/C(=C\C=C\c3sc4ccccc4[n+]3C)CCC2)Sc2ccccc21. The number of hydrogen-bond acceptors (Lipinski definition) is 17. The molecule has 6 aliphatic rings. The molecule has 1 saturated heterocycles. The minimum atomic E-state index is -4.30. The Morgan fingerprint density at radius 3 is 1.95 bits per heavy atom. The molecule has 4 aromatic carbocycles. The maximum absolute atomic E-state index is 12.4. The minimum Gasteiger partial charge on any atom is -0.748 e. The molecule has 1 atom stereocenters. The number of fused-ring (bicyclic) bond motifs is 4. The monoisotopic (exact) mass is 1550 g/mol. The fourth-order valence-corrected chi connectivity index (χ4v) is 20.9. The number of unbranched alkanes of at least 4 members (excludes halogenated alkanes) is 1. The Morgan fingerprint density at radius 2 is 1.28 bits per heavy atom. The first-order chi connectivity index (χ1) is 50.0. The van der Waals surface area contributed by atoms with Crippen LogP contribution in [-0.2, 0) is 40.9 Å². The first-order valence-electron chi connectivity index (χ1n) is 35.8. The lowest BCUT2D eigenvalue weighted by Crippen LogP contribution is -2.37. The molecule has 7 aromatic rings. The van der Waals surface area contributed by atoms with E-state index in [-0.39, 0.29) is 24.0 Å². The van der Waals surface area contributed by atoms with E-state index in [9.17, 15) is 30.7 Å². The summed E-state index contributed by atoms with van der Waals surface area (Å²) in [7, 11) is -4.57. The smallest absolute Gasteiger partial charge is 0.361 e. The zero-order valence-corrected chi connectivity index (χ0v) is 67.1. The minimum absolute atomic E-state index is 0.158.